The summed E-state index contributed by atoms with van der Waals surface area (Å²) < 4.78 is 1.75. The van der Waals surface area contributed by atoms with Crippen molar-refractivity contribution >= 4 is 17.4 Å². The minimum absolute atomic E-state index is 0.147. The molecule has 6 heteroatoms. The summed E-state index contributed by atoms with van der Waals surface area (Å²) in [5.74, 6) is -0.294. The highest BCUT2D eigenvalue weighted by Crippen LogP contribution is 2.30. The van der Waals surface area contributed by atoms with Crippen molar-refractivity contribution < 1.29 is 9.59 Å². The number of rotatable bonds is 3. The van der Waals surface area contributed by atoms with Gasteiger partial charge in [-0.25, -0.2) is 9.67 Å². The summed E-state index contributed by atoms with van der Waals surface area (Å²) in [5.41, 5.74) is 2.08. The zero-order valence-corrected chi connectivity index (χ0v) is 12.2. The fourth-order valence-corrected chi connectivity index (χ4v) is 2.53. The Labute approximate surface area is 122 Å². The van der Waals surface area contributed by atoms with Crippen LogP contribution in [0.5, 0.6) is 0 Å². The van der Waals surface area contributed by atoms with Crippen LogP contribution >= 0.6 is 0 Å². The Bertz CT molecular complexity index is 733. The maximum Gasteiger partial charge on any atom is 0.299 e. The van der Waals surface area contributed by atoms with Crippen LogP contribution in [0.15, 0.2) is 24.5 Å². The van der Waals surface area contributed by atoms with Crippen LogP contribution in [0.1, 0.15) is 41.6 Å². The van der Waals surface area contributed by atoms with E-state index in [2.05, 4.69) is 10.1 Å². The lowest BCUT2D eigenvalue weighted by molar-refractivity contribution is -0.114. The lowest BCUT2D eigenvalue weighted by Gasteiger charge is -2.17. The van der Waals surface area contributed by atoms with Gasteiger partial charge in [0.25, 0.3) is 11.7 Å². The number of fused-ring (bicyclic) bond motifs is 1. The third kappa shape index (κ3) is 2.12. The molecule has 108 valence electrons. The number of carbonyl (C=O) groups is 2. The molecular weight excluding hydrogens is 268 g/mol. The van der Waals surface area contributed by atoms with Crippen molar-refractivity contribution in [2.45, 2.75) is 33.4 Å². The second-order valence-electron chi connectivity index (χ2n) is 5.46. The van der Waals surface area contributed by atoms with E-state index in [0.29, 0.717) is 17.1 Å². The molecule has 0 atom stereocenters. The standard InChI is InChI=1S/C15H16N4O2/c1-9(2)19-13(16-8-17-19)7-18-12-5-4-10(3)6-11(12)14(20)15(18)21/h4-6,8-9H,7H2,1-3H3. The van der Waals surface area contributed by atoms with Crippen LogP contribution < -0.4 is 4.90 Å². The van der Waals surface area contributed by atoms with Crippen molar-refractivity contribution in [1.82, 2.24) is 14.8 Å². The highest BCUT2D eigenvalue weighted by atomic mass is 16.2. The summed E-state index contributed by atoms with van der Waals surface area (Å²) in [6.45, 7) is 6.13. The van der Waals surface area contributed by atoms with Gasteiger partial charge in [0.1, 0.15) is 12.2 Å². The van der Waals surface area contributed by atoms with Gasteiger partial charge in [-0.2, -0.15) is 5.10 Å². The molecule has 0 fully saturated rings. The highest BCUT2D eigenvalue weighted by Gasteiger charge is 2.36. The van der Waals surface area contributed by atoms with Crippen LogP contribution in [0.25, 0.3) is 0 Å². The normalized spacial score (nSPS) is 14.2. The second kappa shape index (κ2) is 4.80. The number of amides is 1. The molecule has 0 spiro atoms. The third-order valence-corrected chi connectivity index (χ3v) is 3.56. The molecule has 1 amide bonds. The maximum absolute atomic E-state index is 12.2. The Morgan fingerprint density at radius 1 is 1.24 bits per heavy atom. The lowest BCUT2D eigenvalue weighted by Crippen LogP contribution is -2.30. The van der Waals surface area contributed by atoms with Gasteiger partial charge in [0.15, 0.2) is 0 Å². The quantitative estimate of drug-likeness (QED) is 0.807. The number of aromatic nitrogens is 3. The Kier molecular flexibility index (Phi) is 3.08. The number of anilines is 1. The summed E-state index contributed by atoms with van der Waals surface area (Å²) in [6.07, 6.45) is 1.47. The molecule has 0 saturated heterocycles. The Morgan fingerprint density at radius 2 is 2.00 bits per heavy atom. The average molecular weight is 284 g/mol. The SMILES string of the molecule is Cc1ccc2c(c1)C(=O)C(=O)N2Cc1ncnn1C(C)C. The van der Waals surface area contributed by atoms with Crippen molar-refractivity contribution in [2.24, 2.45) is 0 Å². The molecule has 1 aliphatic heterocycles. The maximum atomic E-state index is 12.2. The van der Waals surface area contributed by atoms with Gasteiger partial charge in [0.2, 0.25) is 0 Å². The van der Waals surface area contributed by atoms with E-state index >= 15 is 0 Å². The monoisotopic (exact) mass is 284 g/mol. The molecule has 2 heterocycles. The van der Waals surface area contributed by atoms with E-state index in [9.17, 15) is 9.59 Å². The molecule has 0 saturated carbocycles. The van der Waals surface area contributed by atoms with Crippen LogP contribution in [-0.2, 0) is 11.3 Å². The van der Waals surface area contributed by atoms with E-state index < -0.39 is 11.7 Å². The molecule has 0 unspecified atom stereocenters. The van der Waals surface area contributed by atoms with Gasteiger partial charge in [0.05, 0.1) is 17.8 Å². The molecule has 6 nitrogen and oxygen atoms in total. The Hall–Kier alpha value is -2.50. The number of aryl methyl sites for hydroxylation is 1. The largest absolute Gasteiger partial charge is 0.299 e. The smallest absolute Gasteiger partial charge is 0.297 e. The predicted octanol–water partition coefficient (Wildman–Crippen LogP) is 1.90. The fraction of sp³-hybridized carbons (Fsp3) is 0.333. The molecule has 2 aromatic rings. The molecule has 3 rings (SSSR count). The molecule has 1 aliphatic rings. The van der Waals surface area contributed by atoms with E-state index in [1.54, 1.807) is 10.7 Å². The first-order chi connectivity index (χ1) is 9.99. The molecule has 0 N–H and O–H groups in total. The van der Waals surface area contributed by atoms with E-state index in [1.165, 1.54) is 11.2 Å². The first-order valence-corrected chi connectivity index (χ1v) is 6.84. The Morgan fingerprint density at radius 3 is 2.71 bits per heavy atom. The van der Waals surface area contributed by atoms with Gasteiger partial charge in [0, 0.05) is 6.04 Å². The highest BCUT2D eigenvalue weighted by molar-refractivity contribution is 6.52. The van der Waals surface area contributed by atoms with Gasteiger partial charge in [-0.1, -0.05) is 11.6 Å². The van der Waals surface area contributed by atoms with Crippen molar-refractivity contribution in [3.8, 4) is 0 Å². The summed E-state index contributed by atoms with van der Waals surface area (Å²) >= 11 is 0. The molecule has 0 aliphatic carbocycles. The zero-order valence-electron chi connectivity index (χ0n) is 12.2. The fourth-order valence-electron chi connectivity index (χ4n) is 2.53. The van der Waals surface area contributed by atoms with Gasteiger partial charge in [-0.3, -0.25) is 14.5 Å². The van der Waals surface area contributed by atoms with Gasteiger partial charge < -0.3 is 0 Å². The number of benzene rings is 1. The van der Waals surface area contributed by atoms with E-state index in [4.69, 9.17) is 0 Å². The van der Waals surface area contributed by atoms with Crippen molar-refractivity contribution in [1.29, 1.82) is 0 Å². The van der Waals surface area contributed by atoms with Crippen LogP contribution in [0.2, 0.25) is 0 Å². The van der Waals surface area contributed by atoms with E-state index in [0.717, 1.165) is 5.56 Å². The summed E-state index contributed by atoms with van der Waals surface area (Å²) in [6, 6.07) is 5.60. The molecule has 0 bridgehead atoms. The second-order valence-corrected chi connectivity index (χ2v) is 5.46. The number of ketones is 1. The van der Waals surface area contributed by atoms with Gasteiger partial charge in [-0.05, 0) is 32.9 Å². The minimum Gasteiger partial charge on any atom is -0.297 e. The van der Waals surface area contributed by atoms with E-state index in [-0.39, 0.29) is 12.6 Å². The number of Topliss-reactive ketones (excluding diaryl/α,β-unsaturated/α-hetero) is 1. The first-order valence-electron chi connectivity index (χ1n) is 6.84. The van der Waals surface area contributed by atoms with Crippen molar-refractivity contribution in [3.63, 3.8) is 0 Å². The number of hydrogen-bond donors (Lipinski definition) is 0. The van der Waals surface area contributed by atoms with Crippen LogP contribution in [0.4, 0.5) is 5.69 Å². The topological polar surface area (TPSA) is 68.1 Å². The van der Waals surface area contributed by atoms with Crippen molar-refractivity contribution in [2.75, 3.05) is 4.90 Å². The Balaban J connectivity index is 1.99. The number of carbonyl (C=O) groups excluding carboxylic acids is 2. The summed E-state index contributed by atoms with van der Waals surface area (Å²) in [5, 5.41) is 4.15. The third-order valence-electron chi connectivity index (χ3n) is 3.56. The number of nitrogens with zero attached hydrogens (tertiary/aromatic N) is 4. The zero-order chi connectivity index (χ0) is 15.1. The van der Waals surface area contributed by atoms with E-state index in [1.807, 2.05) is 32.9 Å². The molecule has 1 aromatic carbocycles. The molecular formula is C15H16N4O2. The molecule has 1 aromatic heterocycles. The average Bonchev–Trinajstić information content (AvgIpc) is 2.99. The lowest BCUT2D eigenvalue weighted by atomic mass is 10.1. The van der Waals surface area contributed by atoms with Crippen molar-refractivity contribution in [3.05, 3.63) is 41.5 Å². The first kappa shape index (κ1) is 13.5. The van der Waals surface area contributed by atoms with Gasteiger partial charge in [-0.15, -0.1) is 0 Å². The van der Waals surface area contributed by atoms with Crippen LogP contribution in [0, 0.1) is 6.92 Å². The minimum atomic E-state index is -0.506. The van der Waals surface area contributed by atoms with Crippen LogP contribution in [-0.4, -0.2) is 26.5 Å². The predicted molar refractivity (Wildman–Crippen MR) is 77.1 cm³/mol. The van der Waals surface area contributed by atoms with Crippen LogP contribution in [0.3, 0.4) is 0 Å². The summed E-state index contributed by atoms with van der Waals surface area (Å²) in [7, 11) is 0. The summed E-state index contributed by atoms with van der Waals surface area (Å²) in [4.78, 5) is 29.9. The number of hydrogen-bond acceptors (Lipinski definition) is 4. The molecule has 0 radical (unpaired) electrons. The van der Waals surface area contributed by atoms with Gasteiger partial charge >= 0.3 is 0 Å². The molecule has 21 heavy (non-hydrogen) atoms.